The molecule has 0 bridgehead atoms. The zero-order valence-corrected chi connectivity index (χ0v) is 82.2. The standard InChI is InChI=1S/3C15H14N4O5S2.C13H11N3O4S2.C10H11NO5S2.C2H4O2.4C2H6.CH5N/c1-16-14(21)8-3-5-17-10(7-8)18-15(22)11-12(20)13-9(4-6-25-13)26(23,24)19(11)2;1-16-14(21)8-3-4-10(17-7-8)18-15(22)11-12(20)13-9(5-6-25-13)26(23,24)19(11)2;1-16-14(21)8-4-3-5-10(17-8)18-15(22)11-12(20)13-9(6-7-25-13)26(23,24)19(11)2;1-16-10(13(18)15-9-4-2-3-6-14-9)11(17)12-8(5-7-21-12)22(16,19)20;1-3-16-10(13)7-8(12)9-6(4-5-17-9)18(14,15)11(7)2;1-2(3)4;5*1-2/h3*3-7,20H,1-2H3,(H,16,21)(H,17,18,22);2-7,17H,1H3,(H,14,15,18);4-5,12H,3H2,1-2H3;1H3,(H,3,4);4*1-2H3;2H2,1H3. The molecule has 0 fully saturated rings. The van der Waals surface area contributed by atoms with Crippen LogP contribution < -0.4 is 43.0 Å². The molecule has 0 aliphatic carbocycles. The second kappa shape index (κ2) is 49.1. The third kappa shape index (κ3) is 24.7. The van der Waals surface area contributed by atoms with E-state index in [1.807, 2.05) is 55.4 Å². The van der Waals surface area contributed by atoms with Gasteiger partial charge in [0.15, 0.2) is 57.3 Å². The van der Waals surface area contributed by atoms with Crippen LogP contribution in [0.3, 0.4) is 0 Å². The van der Waals surface area contributed by atoms with Gasteiger partial charge in [0.2, 0.25) is 0 Å². The first-order valence-corrected chi connectivity index (χ1v) is 50.1. The van der Waals surface area contributed by atoms with Gasteiger partial charge in [-0.3, -0.25) is 59.9 Å². The van der Waals surface area contributed by atoms with Gasteiger partial charge in [-0.25, -0.2) is 66.8 Å². The Hall–Kier alpha value is -13.3. The highest BCUT2D eigenvalue weighted by Gasteiger charge is 2.45. The zero-order valence-electron chi connectivity index (χ0n) is 74.0. The van der Waals surface area contributed by atoms with Crippen molar-refractivity contribution < 1.29 is 121 Å². The number of ether oxygens (including phenoxy) is 1. The Morgan fingerprint density at radius 2 is 0.667 bits per heavy atom. The fourth-order valence-electron chi connectivity index (χ4n) is 10.8. The second-order valence-corrected chi connectivity index (χ2v) is 38.5. The van der Waals surface area contributed by atoms with Crippen molar-refractivity contribution in [2.75, 3.05) is 91.3 Å². The number of rotatable bonds is 13. The van der Waals surface area contributed by atoms with Crippen molar-refractivity contribution in [1.82, 2.24) is 57.4 Å². The third-order valence-corrected chi connectivity index (χ3v) is 31.0. The van der Waals surface area contributed by atoms with Gasteiger partial charge in [0, 0.05) is 87.5 Å². The van der Waals surface area contributed by atoms with E-state index in [1.165, 1.54) is 171 Å². The number of aliphatic hydroxyl groups excluding tert-OH is 5. The van der Waals surface area contributed by atoms with Crippen LogP contribution in [0.2, 0.25) is 0 Å². The lowest BCUT2D eigenvalue weighted by Gasteiger charge is -2.26. The molecule has 0 saturated heterocycles. The molecule has 7 amide bonds. The molecule has 0 unspecified atom stereocenters. The summed E-state index contributed by atoms with van der Waals surface area (Å²) in [5, 5.41) is 83.4. The van der Waals surface area contributed by atoms with E-state index in [4.69, 9.17) is 14.6 Å². The molecule has 15 N–H and O–H groups in total. The highest BCUT2D eigenvalue weighted by atomic mass is 32.2. The van der Waals surface area contributed by atoms with Gasteiger partial charge >= 0.3 is 5.97 Å². The summed E-state index contributed by atoms with van der Waals surface area (Å²) in [5.74, 6) is -7.75. The molecule has 43 nitrogen and oxygen atoms in total. The summed E-state index contributed by atoms with van der Waals surface area (Å²) >= 11 is 5.16. The van der Waals surface area contributed by atoms with Gasteiger partial charge in [0.05, 0.1) is 36.6 Å². The molecule has 714 valence electrons. The van der Waals surface area contributed by atoms with Crippen molar-refractivity contribution in [3.05, 3.63) is 206 Å². The lowest BCUT2D eigenvalue weighted by Crippen LogP contribution is -2.36. The Bertz CT molecular complexity index is 6330. The number of nitrogens with two attached hydrogens (primary N) is 1. The summed E-state index contributed by atoms with van der Waals surface area (Å²) < 4.78 is 132. The zero-order chi connectivity index (χ0) is 100. The van der Waals surface area contributed by atoms with Crippen LogP contribution in [-0.2, 0) is 83.6 Å². The van der Waals surface area contributed by atoms with Crippen LogP contribution in [0.15, 0.2) is 189 Å². The Morgan fingerprint density at radius 1 is 0.371 bits per heavy atom. The van der Waals surface area contributed by atoms with Crippen LogP contribution in [-0.4, -0.2) is 238 Å². The van der Waals surface area contributed by atoms with Crippen molar-refractivity contribution in [2.24, 2.45) is 5.73 Å². The number of aliphatic hydroxyl groups is 5. The molecule has 0 spiro atoms. The number of sulfonamides is 5. The maximum Gasteiger partial charge on any atom is 0.359 e. The fourth-order valence-corrected chi connectivity index (χ4v) is 23.6. The number of carboxylic acids is 1. The van der Waals surface area contributed by atoms with E-state index in [0.29, 0.717) is 5.56 Å². The smallest absolute Gasteiger partial charge is 0.359 e. The molecule has 14 rings (SSSR count). The van der Waals surface area contributed by atoms with E-state index in [2.05, 4.69) is 62.9 Å². The topological polar surface area (TPSA) is 633 Å². The number of carbonyl (C=O) groups excluding carboxylic acids is 8. The molecule has 9 aromatic rings. The summed E-state index contributed by atoms with van der Waals surface area (Å²) in [6.45, 7) is 18.8. The first-order valence-electron chi connectivity index (χ1n) is 38.5. The normalized spacial score (nSPS) is 14.6. The van der Waals surface area contributed by atoms with Crippen molar-refractivity contribution in [1.29, 1.82) is 0 Å². The number of hydrogen-bond acceptors (Lipinski definition) is 35. The molecule has 5 aliphatic rings. The number of likely N-dealkylation sites (N-methyl/N-ethyl adjacent to an activating group) is 5. The van der Waals surface area contributed by atoms with Gasteiger partial charge in [-0.05, 0) is 120 Å². The molecule has 14 heterocycles. The van der Waals surface area contributed by atoms with Crippen LogP contribution in [0, 0.1) is 0 Å². The summed E-state index contributed by atoms with van der Waals surface area (Å²) in [6.07, 6.45) is 4.08. The van der Waals surface area contributed by atoms with Gasteiger partial charge < -0.3 is 78.3 Å². The number of pyridine rings is 4. The third-order valence-electron chi connectivity index (χ3n) is 16.8. The van der Waals surface area contributed by atoms with Gasteiger partial charge in [0.25, 0.3) is 97.4 Å². The molecule has 53 heteroatoms. The number of esters is 1. The molecule has 5 aliphatic heterocycles. The van der Waals surface area contributed by atoms with Gasteiger partial charge in [0.1, 0.15) is 53.4 Å². The molecule has 0 radical (unpaired) electrons. The maximum atomic E-state index is 12.6. The first kappa shape index (κ1) is 111. The first-order chi connectivity index (χ1) is 62.4. The molecule has 0 atom stereocenters. The van der Waals surface area contributed by atoms with E-state index in [1.54, 1.807) is 35.9 Å². The molecule has 9 aromatic heterocycles. The van der Waals surface area contributed by atoms with Crippen LogP contribution >= 0.6 is 56.7 Å². The molecular formula is C79H97N17O26S10. The Labute approximate surface area is 781 Å². The minimum absolute atomic E-state index is 0.000508. The molecule has 0 aromatic carbocycles. The van der Waals surface area contributed by atoms with Crippen LogP contribution in [0.5, 0.6) is 0 Å². The van der Waals surface area contributed by atoms with Gasteiger partial charge in [-0.15, -0.1) is 56.7 Å². The predicted octanol–water partition coefficient (Wildman–Crippen LogP) is 9.59. The number of carboxylic acid groups (broad SMARTS) is 1. The summed E-state index contributed by atoms with van der Waals surface area (Å²) in [6, 6.07) is 21.9. The number of aromatic nitrogens is 4. The summed E-state index contributed by atoms with van der Waals surface area (Å²) in [5.41, 5.74) is 3.20. The second-order valence-electron chi connectivity index (χ2n) is 24.2. The van der Waals surface area contributed by atoms with E-state index in [0.717, 1.165) is 85.1 Å². The summed E-state index contributed by atoms with van der Waals surface area (Å²) in [7, 11) is -7.61. The maximum absolute atomic E-state index is 12.6. The summed E-state index contributed by atoms with van der Waals surface area (Å²) in [4.78, 5) is 122. The fraction of sp³-hybridized carbons (Fsp3) is 0.253. The van der Waals surface area contributed by atoms with E-state index in [9.17, 15) is 106 Å². The Kier molecular flexibility index (Phi) is 41.3. The molecular weight excluding hydrogens is 1920 g/mol. The number of nitrogens with zero attached hydrogens (tertiary/aromatic N) is 9. The average molecular weight is 2020 g/mol. The van der Waals surface area contributed by atoms with Gasteiger partial charge in [-0.1, -0.05) is 67.5 Å². The predicted molar refractivity (Wildman–Crippen MR) is 501 cm³/mol. The molecule has 0 saturated carbocycles. The minimum atomic E-state index is -3.94. The van der Waals surface area contributed by atoms with Crippen LogP contribution in [0.1, 0.15) is 125 Å². The number of fused-ring (bicyclic) bond motifs is 5. The van der Waals surface area contributed by atoms with E-state index >= 15 is 0 Å². The number of nitrogens with one attached hydrogen (secondary N) is 7. The number of thiophene rings is 5. The minimum Gasteiger partial charge on any atom is -0.504 e. The largest absolute Gasteiger partial charge is 0.504 e. The highest BCUT2D eigenvalue weighted by molar-refractivity contribution is 7.91. The van der Waals surface area contributed by atoms with Gasteiger partial charge in [-0.2, -0.15) is 0 Å². The Morgan fingerprint density at radius 3 is 0.977 bits per heavy atom. The van der Waals surface area contributed by atoms with Crippen molar-refractivity contribution in [2.45, 2.75) is 93.7 Å². The van der Waals surface area contributed by atoms with Crippen molar-refractivity contribution >= 4 is 212 Å². The lowest BCUT2D eigenvalue weighted by molar-refractivity contribution is -0.139. The number of anilines is 4. The van der Waals surface area contributed by atoms with E-state index < -0.39 is 126 Å². The number of amides is 7. The highest BCUT2D eigenvalue weighted by Crippen LogP contribution is 2.44. The number of aliphatic carboxylic acids is 1. The number of hydrogen-bond donors (Lipinski definition) is 14. The van der Waals surface area contributed by atoms with E-state index in [-0.39, 0.29) is 125 Å². The SMILES string of the molecule is CC.CC.CC.CC.CC(=O)O.CCOC(=O)C1=C(O)c2sccc2S(=O)(=O)N1C.CN.CN1C(C(=O)Nc2ccccn2)=C(O)c2sccc2S1(=O)=O.CNC(=O)c1ccc(NC(=O)C2=C(O)c3sccc3S(=O)(=O)N2C)nc1.CNC(=O)c1cccc(NC(=O)C2=C(O)c3sccc3S(=O)(=O)N2C)n1.CNC(=O)c1ccnc(NC(=O)C2=C(O)c3sccc3S(=O)(=O)N2C)c1. The number of carbonyl (C=O) groups is 9. The van der Waals surface area contributed by atoms with Crippen LogP contribution in [0.25, 0.3) is 28.8 Å². The van der Waals surface area contributed by atoms with Crippen molar-refractivity contribution in [3.63, 3.8) is 0 Å². The lowest BCUT2D eigenvalue weighted by atomic mass is 10.2. The average Bonchev–Trinajstić information content (AvgIpc) is 1.40. The quantitative estimate of drug-likeness (QED) is 0.0477. The Balaban J connectivity index is 0.000000335. The van der Waals surface area contributed by atoms with Crippen molar-refractivity contribution in [3.8, 4) is 0 Å². The molecule has 132 heavy (non-hydrogen) atoms. The van der Waals surface area contributed by atoms with Crippen LogP contribution in [0.4, 0.5) is 23.3 Å². The monoisotopic (exact) mass is 2020 g/mol.